The zero-order chi connectivity index (χ0) is 19.9. The largest absolute Gasteiger partial charge is 0.382 e. The van der Waals surface area contributed by atoms with E-state index in [4.69, 9.17) is 39.5 Å². The highest BCUT2D eigenvalue weighted by atomic mass is 35.5. The highest BCUT2D eigenvalue weighted by molar-refractivity contribution is 6.31. The van der Waals surface area contributed by atoms with Crippen LogP contribution in [0.15, 0.2) is 30.5 Å². The van der Waals surface area contributed by atoms with Gasteiger partial charge in [0.15, 0.2) is 12.5 Å². The Bertz CT molecular complexity index is 757. The van der Waals surface area contributed by atoms with E-state index in [0.29, 0.717) is 22.8 Å². The first kappa shape index (κ1) is 21.9. The quantitative estimate of drug-likeness (QED) is 0.286. The predicted molar refractivity (Wildman–Crippen MR) is 119 cm³/mol. The molecule has 1 aliphatic heterocycles. The summed E-state index contributed by atoms with van der Waals surface area (Å²) < 4.78 is 5.71. The van der Waals surface area contributed by atoms with Crippen molar-refractivity contribution in [1.29, 1.82) is 0 Å². The summed E-state index contributed by atoms with van der Waals surface area (Å²) in [6, 6.07) is 8.16. The monoisotopic (exact) mass is 444 g/mol. The van der Waals surface area contributed by atoms with E-state index >= 15 is 0 Å². The van der Waals surface area contributed by atoms with Gasteiger partial charge in [-0.25, -0.2) is 0 Å². The third-order valence-corrected chi connectivity index (χ3v) is 5.41. The molecule has 3 atom stereocenters. The lowest BCUT2D eigenvalue weighted by molar-refractivity contribution is 0.192. The molecule has 154 valence electrons. The van der Waals surface area contributed by atoms with E-state index in [0.717, 1.165) is 49.1 Å². The number of aromatic nitrogens is 1. The standard InChI is InChI=1S/C20H27Cl3N4O/c1-14(26-17-6-10-24-18-13-15(23)4-5-16(17)18)3-2-9-25-19-20(28-19)27(11-7-21)12-8-22/h4-6,10,13-14,19-20,25H,2-3,7-9,11-12H2,1H3,(H,24,26). The number of nitrogens with one attached hydrogen (secondary N) is 2. The van der Waals surface area contributed by atoms with Gasteiger partial charge in [-0.1, -0.05) is 11.6 Å². The number of rotatable bonds is 12. The Morgan fingerprint density at radius 2 is 2.00 bits per heavy atom. The van der Waals surface area contributed by atoms with Gasteiger partial charge < -0.3 is 10.1 Å². The first-order valence-corrected chi connectivity index (χ1v) is 11.1. The van der Waals surface area contributed by atoms with Crippen LogP contribution in [0.5, 0.6) is 0 Å². The minimum atomic E-state index is 0.0867. The number of nitrogens with zero attached hydrogens (tertiary/aromatic N) is 2. The molecule has 1 aromatic carbocycles. The van der Waals surface area contributed by atoms with Crippen molar-refractivity contribution in [2.24, 2.45) is 0 Å². The molecule has 2 aromatic rings. The minimum Gasteiger partial charge on any atom is -0.382 e. The highest BCUT2D eigenvalue weighted by Gasteiger charge is 2.42. The zero-order valence-electron chi connectivity index (χ0n) is 16.0. The van der Waals surface area contributed by atoms with Gasteiger partial charge in [0.1, 0.15) is 0 Å². The minimum absolute atomic E-state index is 0.0867. The summed E-state index contributed by atoms with van der Waals surface area (Å²) in [7, 11) is 0. The fourth-order valence-corrected chi connectivity index (χ4v) is 3.95. The van der Waals surface area contributed by atoms with E-state index in [1.807, 2.05) is 30.5 Å². The molecule has 0 bridgehead atoms. The molecule has 3 rings (SSSR count). The van der Waals surface area contributed by atoms with E-state index in [1.165, 1.54) is 0 Å². The van der Waals surface area contributed by atoms with E-state index in [9.17, 15) is 0 Å². The summed E-state index contributed by atoms with van der Waals surface area (Å²) in [4.78, 5) is 6.57. The van der Waals surface area contributed by atoms with Gasteiger partial charge in [-0.05, 0) is 50.6 Å². The predicted octanol–water partition coefficient (Wildman–Crippen LogP) is 4.52. The average molecular weight is 446 g/mol. The molecular formula is C20H27Cl3N4O. The van der Waals surface area contributed by atoms with Crippen molar-refractivity contribution in [3.8, 4) is 0 Å². The molecule has 1 aromatic heterocycles. The number of epoxide rings is 1. The Labute approximate surface area is 181 Å². The van der Waals surface area contributed by atoms with Crippen LogP contribution < -0.4 is 10.6 Å². The Kier molecular flexibility index (Phi) is 8.45. The van der Waals surface area contributed by atoms with Crippen molar-refractivity contribution in [3.05, 3.63) is 35.5 Å². The SMILES string of the molecule is CC(CCCNC1OC1N(CCCl)CCCl)Nc1ccnc2cc(Cl)ccc12. The second-order valence-electron chi connectivity index (χ2n) is 7.02. The summed E-state index contributed by atoms with van der Waals surface area (Å²) in [5.74, 6) is 1.17. The molecule has 2 heterocycles. The van der Waals surface area contributed by atoms with Crippen LogP contribution in [-0.4, -0.2) is 59.8 Å². The van der Waals surface area contributed by atoms with Crippen molar-refractivity contribution >= 4 is 51.4 Å². The van der Waals surface area contributed by atoms with E-state index < -0.39 is 0 Å². The molecule has 2 N–H and O–H groups in total. The van der Waals surface area contributed by atoms with Crippen LogP contribution in [0.4, 0.5) is 5.69 Å². The van der Waals surface area contributed by atoms with E-state index in [-0.39, 0.29) is 12.5 Å². The maximum atomic E-state index is 6.06. The van der Waals surface area contributed by atoms with Gasteiger partial charge in [-0.15, -0.1) is 23.2 Å². The third-order valence-electron chi connectivity index (χ3n) is 4.84. The molecule has 1 saturated heterocycles. The molecule has 0 radical (unpaired) electrons. The molecule has 0 spiro atoms. The summed E-state index contributed by atoms with van der Waals surface area (Å²) in [6.45, 7) is 4.70. The molecule has 3 unspecified atom stereocenters. The lowest BCUT2D eigenvalue weighted by Crippen LogP contribution is -2.35. The number of halogens is 3. The Balaban J connectivity index is 1.39. The number of hydrogen-bond donors (Lipinski definition) is 2. The second-order valence-corrected chi connectivity index (χ2v) is 8.22. The van der Waals surface area contributed by atoms with Gasteiger partial charge in [0.25, 0.3) is 0 Å². The van der Waals surface area contributed by atoms with Gasteiger partial charge in [0.05, 0.1) is 5.52 Å². The molecule has 1 fully saturated rings. The normalized spacial score (nSPS) is 19.9. The van der Waals surface area contributed by atoms with Gasteiger partial charge in [0.2, 0.25) is 0 Å². The number of anilines is 1. The number of pyridine rings is 1. The lowest BCUT2D eigenvalue weighted by Gasteiger charge is -2.18. The second kappa shape index (κ2) is 10.8. The Morgan fingerprint density at radius 1 is 1.21 bits per heavy atom. The number of hydrogen-bond acceptors (Lipinski definition) is 5. The first-order valence-electron chi connectivity index (χ1n) is 9.68. The van der Waals surface area contributed by atoms with Crippen LogP contribution in [0.3, 0.4) is 0 Å². The number of benzene rings is 1. The fourth-order valence-electron chi connectivity index (χ4n) is 3.35. The maximum absolute atomic E-state index is 6.06. The topological polar surface area (TPSA) is 52.7 Å². The summed E-state index contributed by atoms with van der Waals surface area (Å²) in [5.41, 5.74) is 1.99. The number of fused-ring (bicyclic) bond motifs is 1. The number of alkyl halides is 2. The van der Waals surface area contributed by atoms with Gasteiger partial charge in [-0.2, -0.15) is 0 Å². The fraction of sp³-hybridized carbons (Fsp3) is 0.550. The van der Waals surface area contributed by atoms with Gasteiger partial charge in [0, 0.05) is 53.2 Å². The van der Waals surface area contributed by atoms with Crippen LogP contribution in [0.2, 0.25) is 5.02 Å². The van der Waals surface area contributed by atoms with Crippen LogP contribution in [0.1, 0.15) is 19.8 Å². The molecule has 28 heavy (non-hydrogen) atoms. The third kappa shape index (κ3) is 6.09. The summed E-state index contributed by atoms with van der Waals surface area (Å²) >= 11 is 17.8. The lowest BCUT2D eigenvalue weighted by atomic mass is 10.1. The van der Waals surface area contributed by atoms with E-state index in [1.54, 1.807) is 0 Å². The molecule has 0 amide bonds. The average Bonchev–Trinajstić information content (AvgIpc) is 3.44. The van der Waals surface area contributed by atoms with Crippen LogP contribution in [-0.2, 0) is 4.74 Å². The van der Waals surface area contributed by atoms with E-state index in [2.05, 4.69) is 27.4 Å². The molecule has 0 saturated carbocycles. The Morgan fingerprint density at radius 3 is 2.75 bits per heavy atom. The van der Waals surface area contributed by atoms with Crippen LogP contribution in [0.25, 0.3) is 10.9 Å². The summed E-state index contributed by atoms with van der Waals surface area (Å²) in [5, 5.41) is 8.83. The Hall–Kier alpha value is -0.820. The molecule has 0 aliphatic carbocycles. The first-order chi connectivity index (χ1) is 13.6. The van der Waals surface area contributed by atoms with Crippen molar-refractivity contribution in [2.75, 3.05) is 36.7 Å². The van der Waals surface area contributed by atoms with Crippen molar-refractivity contribution < 1.29 is 4.74 Å². The van der Waals surface area contributed by atoms with Gasteiger partial charge in [-0.3, -0.25) is 15.2 Å². The van der Waals surface area contributed by atoms with Gasteiger partial charge >= 0.3 is 0 Å². The number of ether oxygens (including phenoxy) is 1. The zero-order valence-corrected chi connectivity index (χ0v) is 18.3. The highest BCUT2D eigenvalue weighted by Crippen LogP contribution is 2.26. The molecule has 1 aliphatic rings. The molecular weight excluding hydrogens is 419 g/mol. The summed E-state index contributed by atoms with van der Waals surface area (Å²) in [6.07, 6.45) is 4.11. The van der Waals surface area contributed by atoms with Crippen LogP contribution >= 0.6 is 34.8 Å². The maximum Gasteiger partial charge on any atom is 0.153 e. The molecule has 5 nitrogen and oxygen atoms in total. The smallest absolute Gasteiger partial charge is 0.153 e. The van der Waals surface area contributed by atoms with Crippen molar-refractivity contribution in [3.63, 3.8) is 0 Å². The molecule has 8 heteroatoms. The van der Waals surface area contributed by atoms with Crippen LogP contribution in [0, 0.1) is 0 Å². The van der Waals surface area contributed by atoms with Crippen molar-refractivity contribution in [1.82, 2.24) is 15.2 Å². The van der Waals surface area contributed by atoms with Crippen molar-refractivity contribution in [2.45, 2.75) is 38.3 Å².